The quantitative estimate of drug-likeness (QED) is 0.281. The zero-order valence-electron chi connectivity index (χ0n) is 19.7. The van der Waals surface area contributed by atoms with Gasteiger partial charge in [0.25, 0.3) is 0 Å². The number of aromatic nitrogens is 4. The van der Waals surface area contributed by atoms with E-state index in [9.17, 15) is 9.59 Å². The minimum Gasteiger partial charge on any atom is -0.326 e. The highest BCUT2D eigenvalue weighted by atomic mass is 32.2. The molecule has 1 aliphatic carbocycles. The summed E-state index contributed by atoms with van der Waals surface area (Å²) in [6.07, 6.45) is 3.34. The molecule has 0 aliphatic heterocycles. The molecule has 3 aromatic heterocycles. The van der Waals surface area contributed by atoms with Crippen LogP contribution in [-0.2, 0) is 17.6 Å². The first-order valence-electron chi connectivity index (χ1n) is 11.5. The largest absolute Gasteiger partial charge is 0.326 e. The van der Waals surface area contributed by atoms with Crippen LogP contribution in [0, 0.1) is 5.92 Å². The Labute approximate surface area is 206 Å². The number of hydrogen-bond acceptors (Lipinski definition) is 7. The number of aryl methyl sites for hydroxylation is 1. The van der Waals surface area contributed by atoms with Gasteiger partial charge in [-0.1, -0.05) is 32.5 Å². The first-order valence-corrected chi connectivity index (χ1v) is 13.3. The molecule has 0 saturated carbocycles. The molecule has 0 unspecified atom stereocenters. The molecule has 0 spiro atoms. The number of carbonyl (C=O) groups excluding carboxylic acids is 2. The predicted octanol–water partition coefficient (Wildman–Crippen LogP) is 5.52. The Morgan fingerprint density at radius 3 is 2.71 bits per heavy atom. The highest BCUT2D eigenvalue weighted by Crippen LogP contribution is 2.40. The average molecular weight is 494 g/mol. The van der Waals surface area contributed by atoms with Crippen LogP contribution in [-0.4, -0.2) is 37.0 Å². The Hall–Kier alpha value is -2.78. The number of ketones is 1. The molecule has 1 N–H and O–H groups in total. The summed E-state index contributed by atoms with van der Waals surface area (Å²) in [6, 6.07) is 6.95. The number of amides is 1. The second-order valence-electron chi connectivity index (χ2n) is 9.27. The zero-order valence-corrected chi connectivity index (χ0v) is 21.3. The van der Waals surface area contributed by atoms with Gasteiger partial charge in [0.15, 0.2) is 16.6 Å². The monoisotopic (exact) mass is 493 g/mol. The number of nitrogens with zero attached hydrogens (tertiary/aromatic N) is 4. The van der Waals surface area contributed by atoms with Crippen molar-refractivity contribution in [3.05, 3.63) is 46.1 Å². The van der Waals surface area contributed by atoms with E-state index in [4.69, 9.17) is 4.98 Å². The lowest BCUT2D eigenvalue weighted by atomic mass is 9.89. The van der Waals surface area contributed by atoms with Gasteiger partial charge in [-0.15, -0.1) is 21.5 Å². The Morgan fingerprint density at radius 1 is 1.24 bits per heavy atom. The molecule has 0 bridgehead atoms. The van der Waals surface area contributed by atoms with Crippen LogP contribution in [0.25, 0.3) is 15.9 Å². The van der Waals surface area contributed by atoms with Crippen LogP contribution in [0.15, 0.2) is 29.4 Å². The lowest BCUT2D eigenvalue weighted by Crippen LogP contribution is -2.09. The van der Waals surface area contributed by atoms with Crippen LogP contribution >= 0.6 is 23.1 Å². The summed E-state index contributed by atoms with van der Waals surface area (Å²) >= 11 is 3.19. The van der Waals surface area contributed by atoms with Gasteiger partial charge < -0.3 is 5.32 Å². The molecule has 1 aliphatic rings. The molecular weight excluding hydrogens is 466 g/mol. The Bertz CT molecular complexity index is 1400. The Kier molecular flexibility index (Phi) is 6.16. The maximum absolute atomic E-state index is 12.8. The number of benzene rings is 1. The van der Waals surface area contributed by atoms with E-state index in [1.165, 1.54) is 35.5 Å². The lowest BCUT2D eigenvalue weighted by Gasteiger charge is -2.17. The third-order valence-corrected chi connectivity index (χ3v) is 8.25. The molecule has 7 nitrogen and oxygen atoms in total. The van der Waals surface area contributed by atoms with Gasteiger partial charge in [-0.05, 0) is 55.0 Å². The summed E-state index contributed by atoms with van der Waals surface area (Å²) in [5, 5.41) is 13.6. The fraction of sp³-hybridized carbons (Fsp3) is 0.400. The van der Waals surface area contributed by atoms with Gasteiger partial charge in [-0.2, -0.15) is 0 Å². The van der Waals surface area contributed by atoms with Crippen molar-refractivity contribution in [3.8, 4) is 0 Å². The molecule has 3 heterocycles. The third-order valence-electron chi connectivity index (χ3n) is 6.17. The van der Waals surface area contributed by atoms with E-state index >= 15 is 0 Å². The van der Waals surface area contributed by atoms with Gasteiger partial charge in [0, 0.05) is 29.0 Å². The molecule has 5 rings (SSSR count). The molecule has 9 heteroatoms. The van der Waals surface area contributed by atoms with E-state index < -0.39 is 0 Å². The van der Waals surface area contributed by atoms with Crippen molar-refractivity contribution in [2.45, 2.75) is 58.0 Å². The molecule has 1 aromatic carbocycles. The molecule has 0 saturated heterocycles. The van der Waals surface area contributed by atoms with Gasteiger partial charge in [-0.3, -0.25) is 14.0 Å². The summed E-state index contributed by atoms with van der Waals surface area (Å²) in [7, 11) is 0. The summed E-state index contributed by atoms with van der Waals surface area (Å²) in [6.45, 7) is 8.02. The maximum Gasteiger partial charge on any atom is 0.221 e. The molecular formula is C25H27N5O2S2. The van der Waals surface area contributed by atoms with E-state index in [0.29, 0.717) is 22.3 Å². The maximum atomic E-state index is 12.8. The first-order chi connectivity index (χ1) is 16.3. The third kappa shape index (κ3) is 4.22. The highest BCUT2D eigenvalue weighted by molar-refractivity contribution is 7.99. The minimum atomic E-state index is -0.140. The van der Waals surface area contributed by atoms with E-state index in [0.717, 1.165) is 34.5 Å². The van der Waals surface area contributed by atoms with Crippen molar-refractivity contribution in [2.24, 2.45) is 5.92 Å². The molecule has 0 fully saturated rings. The topological polar surface area (TPSA) is 89.2 Å². The second kappa shape index (κ2) is 9.11. The number of hydrogen-bond donors (Lipinski definition) is 1. The zero-order chi connectivity index (χ0) is 24.0. The summed E-state index contributed by atoms with van der Waals surface area (Å²) < 4.78 is 2.05. The average Bonchev–Trinajstić information content (AvgIpc) is 3.37. The van der Waals surface area contributed by atoms with Gasteiger partial charge in [0.05, 0.1) is 11.1 Å². The predicted molar refractivity (Wildman–Crippen MR) is 137 cm³/mol. The first kappa shape index (κ1) is 23.0. The van der Waals surface area contributed by atoms with Gasteiger partial charge >= 0.3 is 0 Å². The molecule has 1 atom stereocenters. The molecule has 34 heavy (non-hydrogen) atoms. The van der Waals surface area contributed by atoms with Crippen molar-refractivity contribution in [1.29, 1.82) is 0 Å². The van der Waals surface area contributed by atoms with Crippen LogP contribution in [0.5, 0.6) is 0 Å². The van der Waals surface area contributed by atoms with E-state index in [1.54, 1.807) is 35.6 Å². The Morgan fingerprint density at radius 2 is 2.00 bits per heavy atom. The van der Waals surface area contributed by atoms with Crippen LogP contribution in [0.2, 0.25) is 0 Å². The SMILES string of the molecule is CC(=O)Nc1ccc(C(=O)CSc2nnc3c4c5c(sc4nc(C(C)C)n23)C[C@@H](C)CC5)cc1. The number of thiophene rings is 1. The normalized spacial score (nSPS) is 15.7. The standard InChI is InChI=1S/C25H27N5O2S2/c1-13(2)22-27-24-21(18-10-5-14(3)11-20(18)34-24)23-28-29-25(30(22)23)33-12-19(32)16-6-8-17(9-7-16)26-15(4)31/h6-9,13-14H,5,10-12H2,1-4H3,(H,26,31)/t14-/m0/s1. The van der Waals surface area contributed by atoms with Gasteiger partial charge in [0.2, 0.25) is 5.91 Å². The summed E-state index contributed by atoms with van der Waals surface area (Å²) in [4.78, 5) is 31.6. The van der Waals surface area contributed by atoms with E-state index in [2.05, 4.69) is 40.7 Å². The van der Waals surface area contributed by atoms with Gasteiger partial charge in [-0.25, -0.2) is 4.98 Å². The van der Waals surface area contributed by atoms with E-state index in [1.807, 2.05) is 0 Å². The highest BCUT2D eigenvalue weighted by Gasteiger charge is 2.26. The number of carbonyl (C=O) groups is 2. The van der Waals surface area contributed by atoms with Crippen LogP contribution in [0.4, 0.5) is 5.69 Å². The second-order valence-corrected chi connectivity index (χ2v) is 11.3. The van der Waals surface area contributed by atoms with Crippen LogP contribution in [0.1, 0.15) is 66.7 Å². The number of rotatable bonds is 6. The number of nitrogens with one attached hydrogen (secondary N) is 1. The van der Waals surface area contributed by atoms with Crippen molar-refractivity contribution >= 4 is 56.3 Å². The smallest absolute Gasteiger partial charge is 0.221 e. The number of anilines is 1. The van der Waals surface area contributed by atoms with Crippen molar-refractivity contribution in [1.82, 2.24) is 19.6 Å². The van der Waals surface area contributed by atoms with Gasteiger partial charge in [0.1, 0.15) is 10.7 Å². The van der Waals surface area contributed by atoms with Crippen molar-refractivity contribution in [3.63, 3.8) is 0 Å². The van der Waals surface area contributed by atoms with Crippen molar-refractivity contribution in [2.75, 3.05) is 11.1 Å². The molecule has 0 radical (unpaired) electrons. The lowest BCUT2D eigenvalue weighted by molar-refractivity contribution is -0.114. The summed E-state index contributed by atoms with van der Waals surface area (Å²) in [5.74, 6) is 1.92. The fourth-order valence-electron chi connectivity index (χ4n) is 4.48. The van der Waals surface area contributed by atoms with Crippen molar-refractivity contribution < 1.29 is 9.59 Å². The molecule has 176 valence electrons. The van der Waals surface area contributed by atoms with Crippen LogP contribution in [0.3, 0.4) is 0 Å². The number of fused-ring (bicyclic) bond motifs is 5. The van der Waals surface area contributed by atoms with E-state index in [-0.39, 0.29) is 23.4 Å². The fourth-order valence-corrected chi connectivity index (χ4v) is 6.69. The summed E-state index contributed by atoms with van der Waals surface area (Å²) in [5.41, 5.74) is 3.51. The number of Topliss-reactive ketones (excluding diaryl/α,β-unsaturated/α-hetero) is 1. The molecule has 4 aromatic rings. The van der Waals surface area contributed by atoms with Crippen LogP contribution < -0.4 is 5.32 Å². The molecule has 1 amide bonds. The Balaban J connectivity index is 1.46. The number of thioether (sulfide) groups is 1. The minimum absolute atomic E-state index is 0.00170.